The highest BCUT2D eigenvalue weighted by atomic mass is 16.2. The zero-order valence-electron chi connectivity index (χ0n) is 12.4. The number of urea groups is 2. The van der Waals surface area contributed by atoms with Gasteiger partial charge in [-0.2, -0.15) is 0 Å². The summed E-state index contributed by atoms with van der Waals surface area (Å²) in [6, 6.07) is 4.20. The fourth-order valence-electron chi connectivity index (χ4n) is 1.54. The van der Waals surface area contributed by atoms with Crippen molar-refractivity contribution in [3.05, 3.63) is 23.8 Å². The van der Waals surface area contributed by atoms with Crippen LogP contribution in [0.4, 0.5) is 21.0 Å². The molecule has 21 heavy (non-hydrogen) atoms. The molecule has 7 heteroatoms. The normalized spacial score (nSPS) is 9.67. The number of nitrogens with one attached hydrogen (secondary N) is 4. The van der Waals surface area contributed by atoms with Crippen molar-refractivity contribution in [1.29, 1.82) is 0 Å². The second kappa shape index (κ2) is 7.88. The maximum absolute atomic E-state index is 11.6. The summed E-state index contributed by atoms with van der Waals surface area (Å²) in [5.74, 6) is -0.359. The van der Waals surface area contributed by atoms with E-state index in [-0.39, 0.29) is 18.4 Å². The lowest BCUT2D eigenvalue weighted by Crippen LogP contribution is -2.34. The topological polar surface area (TPSA) is 99.3 Å². The minimum atomic E-state index is -0.597. The maximum Gasteiger partial charge on any atom is 0.325 e. The van der Waals surface area contributed by atoms with Gasteiger partial charge >= 0.3 is 12.1 Å². The molecule has 4 N–H and O–H groups in total. The molecule has 0 aromatic heterocycles. The number of hydrogen-bond acceptors (Lipinski definition) is 3. The molecule has 1 aromatic rings. The summed E-state index contributed by atoms with van der Waals surface area (Å²) in [5.41, 5.74) is 1.88. The average Bonchev–Trinajstić information content (AvgIpc) is 2.42. The van der Waals surface area contributed by atoms with E-state index in [9.17, 15) is 14.4 Å². The number of anilines is 2. The lowest BCUT2D eigenvalue weighted by atomic mass is 10.2. The first-order valence-corrected chi connectivity index (χ1v) is 6.72. The zero-order chi connectivity index (χ0) is 15.8. The Balaban J connectivity index is 2.75. The molecule has 0 aliphatic rings. The van der Waals surface area contributed by atoms with Gasteiger partial charge in [-0.25, -0.2) is 9.59 Å². The molecule has 0 unspecified atom stereocenters. The molecule has 0 heterocycles. The van der Waals surface area contributed by atoms with Gasteiger partial charge in [-0.05, 0) is 31.5 Å². The molecule has 0 atom stereocenters. The number of imide groups is 1. The van der Waals surface area contributed by atoms with Crippen LogP contribution < -0.4 is 21.3 Å². The van der Waals surface area contributed by atoms with Crippen molar-refractivity contribution in [1.82, 2.24) is 10.6 Å². The third-order valence-electron chi connectivity index (χ3n) is 2.66. The van der Waals surface area contributed by atoms with Crippen LogP contribution in [0.3, 0.4) is 0 Å². The number of amides is 5. The second-order valence-electron chi connectivity index (χ2n) is 4.37. The average molecular weight is 292 g/mol. The number of aryl methyl sites for hydroxylation is 1. The Hall–Kier alpha value is -2.57. The molecule has 5 amide bonds. The van der Waals surface area contributed by atoms with Crippen LogP contribution in [0.25, 0.3) is 0 Å². The molecule has 7 nitrogen and oxygen atoms in total. The molecule has 0 aliphatic heterocycles. The predicted octanol–water partition coefficient (Wildman–Crippen LogP) is 2.19. The van der Waals surface area contributed by atoms with E-state index in [4.69, 9.17) is 0 Å². The maximum atomic E-state index is 11.6. The first-order chi connectivity index (χ1) is 9.96. The quantitative estimate of drug-likeness (QED) is 0.684. The molecular formula is C14H20N4O3. The summed E-state index contributed by atoms with van der Waals surface area (Å²) in [6.07, 6.45) is 0.227. The lowest BCUT2D eigenvalue weighted by Gasteiger charge is -2.12. The summed E-state index contributed by atoms with van der Waals surface area (Å²) in [6.45, 7) is 5.80. The molecule has 0 aliphatic carbocycles. The van der Waals surface area contributed by atoms with Crippen molar-refractivity contribution in [3.8, 4) is 0 Å². The van der Waals surface area contributed by atoms with Gasteiger partial charge in [0.1, 0.15) is 0 Å². The molecule has 0 saturated heterocycles. The molecule has 0 bridgehead atoms. The molecule has 0 saturated carbocycles. The summed E-state index contributed by atoms with van der Waals surface area (Å²) < 4.78 is 0. The van der Waals surface area contributed by atoms with E-state index in [1.54, 1.807) is 25.1 Å². The van der Waals surface area contributed by atoms with Gasteiger partial charge in [-0.1, -0.05) is 13.0 Å². The fourth-order valence-corrected chi connectivity index (χ4v) is 1.54. The van der Waals surface area contributed by atoms with E-state index in [0.717, 1.165) is 5.56 Å². The van der Waals surface area contributed by atoms with Gasteiger partial charge < -0.3 is 16.0 Å². The third kappa shape index (κ3) is 5.52. The number of rotatable bonds is 4. The van der Waals surface area contributed by atoms with E-state index in [2.05, 4.69) is 21.3 Å². The van der Waals surface area contributed by atoms with Crippen LogP contribution in [-0.4, -0.2) is 24.5 Å². The van der Waals surface area contributed by atoms with Gasteiger partial charge in [0.2, 0.25) is 5.91 Å². The van der Waals surface area contributed by atoms with Crippen molar-refractivity contribution < 1.29 is 14.4 Å². The van der Waals surface area contributed by atoms with Crippen LogP contribution >= 0.6 is 0 Å². The van der Waals surface area contributed by atoms with Crippen molar-refractivity contribution in [2.24, 2.45) is 0 Å². The molecule has 0 radical (unpaired) electrons. The molecular weight excluding hydrogens is 272 g/mol. The number of carbonyl (C=O) groups excluding carboxylic acids is 3. The Bertz CT molecular complexity index is 543. The Labute approximate surface area is 123 Å². The minimum absolute atomic E-state index is 0.227. The Morgan fingerprint density at radius 2 is 1.76 bits per heavy atom. The van der Waals surface area contributed by atoms with Crippen LogP contribution in [0.2, 0.25) is 0 Å². The third-order valence-corrected chi connectivity index (χ3v) is 2.66. The smallest absolute Gasteiger partial charge is 0.325 e. The predicted molar refractivity (Wildman–Crippen MR) is 81.3 cm³/mol. The van der Waals surface area contributed by atoms with Crippen molar-refractivity contribution >= 4 is 29.3 Å². The molecule has 1 aromatic carbocycles. The van der Waals surface area contributed by atoms with E-state index in [1.165, 1.54) is 0 Å². The van der Waals surface area contributed by atoms with Gasteiger partial charge in [0.25, 0.3) is 0 Å². The molecule has 114 valence electrons. The van der Waals surface area contributed by atoms with Crippen LogP contribution in [0.15, 0.2) is 18.2 Å². The monoisotopic (exact) mass is 292 g/mol. The Morgan fingerprint density at radius 1 is 1.05 bits per heavy atom. The summed E-state index contributed by atoms with van der Waals surface area (Å²) in [7, 11) is 0. The highest BCUT2D eigenvalue weighted by Gasteiger charge is 2.09. The van der Waals surface area contributed by atoms with Gasteiger partial charge in [0, 0.05) is 24.3 Å². The highest BCUT2D eigenvalue weighted by Crippen LogP contribution is 2.20. The van der Waals surface area contributed by atoms with Gasteiger partial charge in [0.05, 0.1) is 0 Å². The molecule has 1 rings (SSSR count). The van der Waals surface area contributed by atoms with E-state index >= 15 is 0 Å². The van der Waals surface area contributed by atoms with Crippen molar-refractivity contribution in [2.45, 2.75) is 27.2 Å². The van der Waals surface area contributed by atoms with Crippen LogP contribution in [0, 0.1) is 6.92 Å². The SMILES string of the molecule is CCNC(=O)Nc1ccc(C)c(NC(=O)NC(=O)CC)c1. The number of carbonyl (C=O) groups is 3. The van der Waals surface area contributed by atoms with Gasteiger partial charge in [-0.15, -0.1) is 0 Å². The standard InChI is InChI=1S/C14H20N4O3/c1-4-12(19)18-14(21)17-11-8-10(7-6-9(11)3)16-13(20)15-5-2/h6-8H,4-5H2,1-3H3,(H2,15,16,20)(H2,17,18,19,21). The first kappa shape index (κ1) is 16.5. The van der Waals surface area contributed by atoms with Gasteiger partial charge in [-0.3, -0.25) is 10.1 Å². The van der Waals surface area contributed by atoms with Crippen molar-refractivity contribution in [3.63, 3.8) is 0 Å². The van der Waals surface area contributed by atoms with E-state index < -0.39 is 6.03 Å². The second-order valence-corrected chi connectivity index (χ2v) is 4.37. The van der Waals surface area contributed by atoms with Crippen LogP contribution in [-0.2, 0) is 4.79 Å². The summed E-state index contributed by atoms with van der Waals surface area (Å²) in [4.78, 5) is 34.2. The highest BCUT2D eigenvalue weighted by molar-refractivity contribution is 6.01. The summed E-state index contributed by atoms with van der Waals surface area (Å²) >= 11 is 0. The van der Waals surface area contributed by atoms with Crippen LogP contribution in [0.5, 0.6) is 0 Å². The Kier molecular flexibility index (Phi) is 6.19. The van der Waals surface area contributed by atoms with Crippen molar-refractivity contribution in [2.75, 3.05) is 17.2 Å². The molecule has 0 fully saturated rings. The number of hydrogen-bond donors (Lipinski definition) is 4. The van der Waals surface area contributed by atoms with E-state index in [0.29, 0.717) is 17.9 Å². The lowest BCUT2D eigenvalue weighted by molar-refractivity contribution is -0.119. The van der Waals surface area contributed by atoms with E-state index in [1.807, 2.05) is 13.8 Å². The zero-order valence-corrected chi connectivity index (χ0v) is 12.4. The first-order valence-electron chi connectivity index (χ1n) is 6.72. The molecule has 0 spiro atoms. The minimum Gasteiger partial charge on any atom is -0.338 e. The summed E-state index contributed by atoms with van der Waals surface area (Å²) in [5, 5.41) is 10.0. The number of benzene rings is 1. The fraction of sp³-hybridized carbons (Fsp3) is 0.357. The largest absolute Gasteiger partial charge is 0.338 e. The van der Waals surface area contributed by atoms with Gasteiger partial charge in [0.15, 0.2) is 0 Å². The van der Waals surface area contributed by atoms with Crippen LogP contribution in [0.1, 0.15) is 25.8 Å². The Morgan fingerprint density at radius 3 is 2.38 bits per heavy atom.